The fourth-order valence-electron chi connectivity index (χ4n) is 4.47. The molecule has 8 heteroatoms. The molecule has 0 N–H and O–H groups in total. The lowest BCUT2D eigenvalue weighted by Crippen LogP contribution is -2.46. The molecule has 4 heterocycles. The molecule has 0 radical (unpaired) electrons. The highest BCUT2D eigenvalue weighted by Crippen LogP contribution is 2.36. The normalized spacial score (nSPS) is 20.4. The molecule has 2 fully saturated rings. The second kappa shape index (κ2) is 8.13. The molecule has 2 aromatic heterocycles. The third-order valence-corrected chi connectivity index (χ3v) is 6.47. The van der Waals surface area contributed by atoms with Gasteiger partial charge < -0.3 is 19.1 Å². The van der Waals surface area contributed by atoms with Crippen molar-refractivity contribution in [1.29, 1.82) is 0 Å². The van der Waals surface area contributed by atoms with Gasteiger partial charge in [0.15, 0.2) is 17.0 Å². The average Bonchev–Trinajstić information content (AvgIpc) is 3.41. The molecule has 3 aromatic rings. The van der Waals surface area contributed by atoms with Crippen LogP contribution in [0.5, 0.6) is 0 Å². The summed E-state index contributed by atoms with van der Waals surface area (Å²) in [6.07, 6.45) is 0.941. The fraction of sp³-hybridized carbons (Fsp3) is 0.500. The van der Waals surface area contributed by atoms with Crippen LogP contribution in [0.15, 0.2) is 24.3 Å². The lowest BCUT2D eigenvalue weighted by molar-refractivity contribution is 0.187. The Balaban J connectivity index is 1.68. The first-order valence-electron chi connectivity index (χ1n) is 10.7. The van der Waals surface area contributed by atoms with Crippen molar-refractivity contribution < 1.29 is 4.74 Å². The van der Waals surface area contributed by atoms with E-state index < -0.39 is 0 Å². The number of anilines is 1. The maximum absolute atomic E-state index is 6.58. The number of fused-ring (bicyclic) bond motifs is 1. The van der Waals surface area contributed by atoms with Crippen LogP contribution in [0.1, 0.15) is 25.2 Å². The molecule has 1 atom stereocenters. The van der Waals surface area contributed by atoms with E-state index in [1.807, 2.05) is 31.2 Å². The minimum absolute atomic E-state index is 0.195. The summed E-state index contributed by atoms with van der Waals surface area (Å²) in [6, 6.07) is 8.07. The molecule has 1 aromatic carbocycles. The molecule has 158 valence electrons. The number of benzene rings is 1. The number of aryl methyl sites for hydroxylation is 1. The second-order valence-electron chi connectivity index (χ2n) is 7.99. The molecule has 0 amide bonds. The summed E-state index contributed by atoms with van der Waals surface area (Å²) in [7, 11) is 0. The Kier molecular flexibility index (Phi) is 5.35. The van der Waals surface area contributed by atoms with Crippen molar-refractivity contribution >= 4 is 28.6 Å². The summed E-state index contributed by atoms with van der Waals surface area (Å²) in [4.78, 5) is 19.6. The Morgan fingerprint density at radius 2 is 1.90 bits per heavy atom. The van der Waals surface area contributed by atoms with E-state index >= 15 is 0 Å². The van der Waals surface area contributed by atoms with E-state index in [1.165, 1.54) is 0 Å². The van der Waals surface area contributed by atoms with Crippen molar-refractivity contribution in [3.63, 3.8) is 0 Å². The average molecular weight is 427 g/mol. The van der Waals surface area contributed by atoms with Crippen LogP contribution < -0.4 is 4.90 Å². The van der Waals surface area contributed by atoms with Crippen molar-refractivity contribution in [3.05, 3.63) is 35.1 Å². The van der Waals surface area contributed by atoms with E-state index in [4.69, 9.17) is 31.3 Å². The van der Waals surface area contributed by atoms with Crippen LogP contribution in [0.25, 0.3) is 22.6 Å². The lowest BCUT2D eigenvalue weighted by Gasteiger charge is -2.34. The Morgan fingerprint density at radius 3 is 2.60 bits per heavy atom. The van der Waals surface area contributed by atoms with Gasteiger partial charge in [0, 0.05) is 38.3 Å². The highest BCUT2D eigenvalue weighted by atomic mass is 35.5. The summed E-state index contributed by atoms with van der Waals surface area (Å²) >= 11 is 6.58. The van der Waals surface area contributed by atoms with E-state index in [9.17, 15) is 0 Å². The van der Waals surface area contributed by atoms with Crippen molar-refractivity contribution in [3.8, 4) is 11.4 Å². The Morgan fingerprint density at radius 1 is 1.10 bits per heavy atom. The zero-order chi connectivity index (χ0) is 20.7. The van der Waals surface area contributed by atoms with Gasteiger partial charge in [0.2, 0.25) is 0 Å². The smallest absolute Gasteiger partial charge is 0.166 e. The number of nitrogens with zero attached hydrogens (tertiary/aromatic N) is 6. The van der Waals surface area contributed by atoms with Crippen LogP contribution in [0, 0.1) is 6.92 Å². The van der Waals surface area contributed by atoms with Gasteiger partial charge in [0.1, 0.15) is 11.6 Å². The van der Waals surface area contributed by atoms with Gasteiger partial charge in [-0.05, 0) is 32.0 Å². The van der Waals surface area contributed by atoms with Crippen molar-refractivity contribution in [2.75, 3.05) is 50.8 Å². The first-order valence-corrected chi connectivity index (χ1v) is 11.1. The number of rotatable bonds is 4. The van der Waals surface area contributed by atoms with Gasteiger partial charge in [-0.1, -0.05) is 30.7 Å². The molecule has 0 saturated carbocycles. The summed E-state index contributed by atoms with van der Waals surface area (Å²) in [5.41, 5.74) is 2.65. The third kappa shape index (κ3) is 3.45. The predicted molar refractivity (Wildman–Crippen MR) is 119 cm³/mol. The van der Waals surface area contributed by atoms with Crippen LogP contribution in [0.2, 0.25) is 5.02 Å². The molecule has 7 nitrogen and oxygen atoms in total. The molecule has 2 saturated heterocycles. The highest BCUT2D eigenvalue weighted by Gasteiger charge is 2.29. The number of ether oxygens (including phenoxy) is 1. The fourth-order valence-corrected chi connectivity index (χ4v) is 4.69. The van der Waals surface area contributed by atoms with Crippen molar-refractivity contribution in [2.24, 2.45) is 0 Å². The first kappa shape index (κ1) is 19.7. The van der Waals surface area contributed by atoms with Crippen molar-refractivity contribution in [1.82, 2.24) is 24.4 Å². The molecule has 0 bridgehead atoms. The Hall–Kier alpha value is -2.22. The summed E-state index contributed by atoms with van der Waals surface area (Å²) in [6.45, 7) is 10.6. The monoisotopic (exact) mass is 426 g/mol. The predicted octanol–water partition coefficient (Wildman–Crippen LogP) is 3.56. The minimum atomic E-state index is 0.195. The van der Waals surface area contributed by atoms with E-state index in [2.05, 4.69) is 21.3 Å². The minimum Gasteiger partial charge on any atom is -0.379 e. The highest BCUT2D eigenvalue weighted by molar-refractivity contribution is 6.33. The molecule has 30 heavy (non-hydrogen) atoms. The molecule has 1 unspecified atom stereocenters. The number of hydrogen-bond acceptors (Lipinski definition) is 6. The van der Waals surface area contributed by atoms with Gasteiger partial charge in [0.25, 0.3) is 0 Å². The number of likely N-dealkylation sites (N-methyl/N-ethyl adjacent to an activating group) is 1. The summed E-state index contributed by atoms with van der Waals surface area (Å²) in [5.74, 6) is 2.54. The Bertz CT molecular complexity index is 1050. The molecular formula is C22H27ClN6O. The molecule has 0 aliphatic carbocycles. The van der Waals surface area contributed by atoms with Gasteiger partial charge in [-0.15, -0.1) is 0 Å². The number of halogens is 1. The van der Waals surface area contributed by atoms with Gasteiger partial charge in [0.05, 0.1) is 17.7 Å². The zero-order valence-corrected chi connectivity index (χ0v) is 18.3. The molecule has 2 aliphatic rings. The van der Waals surface area contributed by atoms with Crippen LogP contribution in [0.4, 0.5) is 5.82 Å². The van der Waals surface area contributed by atoms with E-state index in [-0.39, 0.29) is 6.04 Å². The summed E-state index contributed by atoms with van der Waals surface area (Å²) < 4.78 is 7.94. The van der Waals surface area contributed by atoms with Gasteiger partial charge >= 0.3 is 0 Å². The maximum atomic E-state index is 6.58. The molecular weight excluding hydrogens is 400 g/mol. The topological polar surface area (TPSA) is 59.3 Å². The standard InChI is InChI=1S/C22H27ClN6O/c1-3-27-9-11-28(12-10-27)21-19-22(25-15(2)24-21)29(16-8-13-30-14-16)20(26-19)17-6-4-5-7-18(17)23/h4-7,16H,3,8-14H2,1-2H3. The number of hydrogen-bond donors (Lipinski definition) is 0. The van der Waals surface area contributed by atoms with E-state index in [1.54, 1.807) is 0 Å². The number of aromatic nitrogens is 4. The van der Waals surface area contributed by atoms with Crippen LogP contribution >= 0.6 is 11.6 Å². The Labute approximate surface area is 181 Å². The molecule has 2 aliphatic heterocycles. The molecule has 5 rings (SSSR count). The third-order valence-electron chi connectivity index (χ3n) is 6.14. The maximum Gasteiger partial charge on any atom is 0.166 e. The summed E-state index contributed by atoms with van der Waals surface area (Å²) in [5, 5.41) is 0.691. The van der Waals surface area contributed by atoms with E-state index in [0.29, 0.717) is 11.6 Å². The van der Waals surface area contributed by atoms with Gasteiger partial charge in [-0.3, -0.25) is 0 Å². The van der Waals surface area contributed by atoms with Crippen LogP contribution in [0.3, 0.4) is 0 Å². The SMILES string of the molecule is CCN1CCN(c2nc(C)nc3c2nc(-c2ccccc2Cl)n3C2CCOC2)CC1. The zero-order valence-electron chi connectivity index (χ0n) is 17.5. The van der Waals surface area contributed by atoms with Gasteiger partial charge in [-0.25, -0.2) is 15.0 Å². The number of piperazine rings is 1. The van der Waals surface area contributed by atoms with E-state index in [0.717, 1.165) is 79.9 Å². The molecule has 0 spiro atoms. The quantitative estimate of drug-likeness (QED) is 0.635. The lowest BCUT2D eigenvalue weighted by atomic mass is 10.2. The van der Waals surface area contributed by atoms with Crippen LogP contribution in [-0.2, 0) is 4.74 Å². The first-order chi connectivity index (χ1) is 14.7. The van der Waals surface area contributed by atoms with Crippen LogP contribution in [-0.4, -0.2) is 70.4 Å². The number of imidazole rings is 1. The second-order valence-corrected chi connectivity index (χ2v) is 8.40. The van der Waals surface area contributed by atoms with Gasteiger partial charge in [-0.2, -0.15) is 0 Å². The van der Waals surface area contributed by atoms with Crippen molar-refractivity contribution in [2.45, 2.75) is 26.3 Å². The largest absolute Gasteiger partial charge is 0.379 e.